The lowest BCUT2D eigenvalue weighted by Gasteiger charge is -2.34. The minimum Gasteiger partial charge on any atom is -0.337 e. The van der Waals surface area contributed by atoms with Gasteiger partial charge in [-0.3, -0.25) is 14.5 Å². The van der Waals surface area contributed by atoms with Crippen LogP contribution in [0.2, 0.25) is 0 Å². The van der Waals surface area contributed by atoms with Gasteiger partial charge in [0.2, 0.25) is 5.91 Å². The second-order valence-corrected chi connectivity index (χ2v) is 10.2. The number of carbonyl (C=O) groups excluding carboxylic acids is 2. The summed E-state index contributed by atoms with van der Waals surface area (Å²) in [6.07, 6.45) is 2.38. The Bertz CT molecular complexity index is 1200. The Kier molecular flexibility index (Phi) is 6.51. The van der Waals surface area contributed by atoms with Crippen LogP contribution in [-0.4, -0.2) is 41.3 Å². The van der Waals surface area contributed by atoms with Crippen molar-refractivity contribution in [3.8, 4) is 0 Å². The number of aromatic nitrogens is 1. The molecule has 0 N–H and O–H groups in total. The van der Waals surface area contributed by atoms with Crippen molar-refractivity contribution in [2.75, 3.05) is 24.5 Å². The number of amides is 2. The van der Waals surface area contributed by atoms with Gasteiger partial charge in [-0.15, -0.1) is 11.3 Å². The molecule has 0 spiro atoms. The van der Waals surface area contributed by atoms with Gasteiger partial charge < -0.3 is 4.90 Å². The standard InChI is InChI=1S/C26H25N3O2S2/c30-24(20-10-6-15-28(18-20)25(31)23-13-7-17-32-23)29(16-14-19-8-2-1-3-9-19)26-27-21-11-4-5-12-22(21)33-26/h1-5,7-9,11-13,17,20H,6,10,14-16,18H2. The van der Waals surface area contributed by atoms with Crippen LogP contribution in [0.4, 0.5) is 5.13 Å². The summed E-state index contributed by atoms with van der Waals surface area (Å²) >= 11 is 3.00. The van der Waals surface area contributed by atoms with Gasteiger partial charge in [0.15, 0.2) is 5.13 Å². The molecule has 0 bridgehead atoms. The molecule has 33 heavy (non-hydrogen) atoms. The number of hydrogen-bond donors (Lipinski definition) is 0. The first-order chi connectivity index (χ1) is 16.2. The van der Waals surface area contributed by atoms with Gasteiger partial charge in [0, 0.05) is 19.6 Å². The highest BCUT2D eigenvalue weighted by molar-refractivity contribution is 7.22. The number of benzene rings is 2. The maximum Gasteiger partial charge on any atom is 0.263 e. The van der Waals surface area contributed by atoms with Crippen LogP contribution in [0.5, 0.6) is 0 Å². The fourth-order valence-corrected chi connectivity index (χ4v) is 5.99. The number of anilines is 1. The van der Waals surface area contributed by atoms with E-state index in [0.29, 0.717) is 19.6 Å². The largest absolute Gasteiger partial charge is 0.337 e. The van der Waals surface area contributed by atoms with Gasteiger partial charge in [0.05, 0.1) is 21.0 Å². The maximum atomic E-state index is 13.8. The zero-order chi connectivity index (χ0) is 22.6. The van der Waals surface area contributed by atoms with Gasteiger partial charge in [-0.05, 0) is 48.4 Å². The lowest BCUT2D eigenvalue weighted by atomic mass is 9.96. The molecule has 1 atom stereocenters. The Balaban J connectivity index is 1.38. The fraction of sp³-hybridized carbons (Fsp3) is 0.269. The Morgan fingerprint density at radius 1 is 1.03 bits per heavy atom. The Morgan fingerprint density at radius 2 is 1.85 bits per heavy atom. The average Bonchev–Trinajstić information content (AvgIpc) is 3.55. The predicted octanol–water partition coefficient (Wildman–Crippen LogP) is 5.49. The van der Waals surface area contributed by atoms with Gasteiger partial charge in [0.1, 0.15) is 0 Å². The maximum absolute atomic E-state index is 13.8. The number of hydrogen-bond acceptors (Lipinski definition) is 5. The first-order valence-electron chi connectivity index (χ1n) is 11.2. The van der Waals surface area contributed by atoms with Crippen molar-refractivity contribution in [2.45, 2.75) is 19.3 Å². The zero-order valence-electron chi connectivity index (χ0n) is 18.2. The van der Waals surface area contributed by atoms with Crippen LogP contribution in [0.3, 0.4) is 0 Å². The highest BCUT2D eigenvalue weighted by Gasteiger charge is 2.33. The molecule has 1 saturated heterocycles. The lowest BCUT2D eigenvalue weighted by molar-refractivity contribution is -0.123. The lowest BCUT2D eigenvalue weighted by Crippen LogP contribution is -2.47. The molecule has 2 aromatic carbocycles. The van der Waals surface area contributed by atoms with E-state index >= 15 is 0 Å². The average molecular weight is 476 g/mol. The summed E-state index contributed by atoms with van der Waals surface area (Å²) in [5.74, 6) is -0.127. The molecule has 1 unspecified atom stereocenters. The summed E-state index contributed by atoms with van der Waals surface area (Å²) in [4.78, 5) is 35.9. The number of likely N-dealkylation sites (tertiary alicyclic amines) is 1. The highest BCUT2D eigenvalue weighted by atomic mass is 32.1. The number of thiazole rings is 1. The van der Waals surface area contributed by atoms with Crippen molar-refractivity contribution in [2.24, 2.45) is 5.92 Å². The molecular formula is C26H25N3O2S2. The SMILES string of the molecule is O=C(c1cccs1)N1CCCC(C(=O)N(CCc2ccccc2)c2nc3ccccc3s2)C1. The van der Waals surface area contributed by atoms with Crippen molar-refractivity contribution >= 4 is 49.8 Å². The van der Waals surface area contributed by atoms with Crippen LogP contribution in [0.15, 0.2) is 72.1 Å². The van der Waals surface area contributed by atoms with Crippen molar-refractivity contribution in [3.05, 3.63) is 82.6 Å². The summed E-state index contributed by atoms with van der Waals surface area (Å²) in [6.45, 7) is 1.73. The minimum atomic E-state index is -0.217. The van der Waals surface area contributed by atoms with Crippen LogP contribution in [0.1, 0.15) is 28.1 Å². The van der Waals surface area contributed by atoms with E-state index in [1.807, 2.05) is 69.8 Å². The van der Waals surface area contributed by atoms with E-state index in [4.69, 9.17) is 4.98 Å². The molecule has 5 rings (SSSR count). The Hall–Kier alpha value is -3.03. The topological polar surface area (TPSA) is 53.5 Å². The molecule has 3 heterocycles. The number of piperidine rings is 1. The summed E-state index contributed by atoms with van der Waals surface area (Å²) in [5, 5.41) is 2.65. The fourth-order valence-electron chi connectivity index (χ4n) is 4.30. The van der Waals surface area contributed by atoms with Crippen LogP contribution in [0.25, 0.3) is 10.2 Å². The number of fused-ring (bicyclic) bond motifs is 1. The zero-order valence-corrected chi connectivity index (χ0v) is 19.9. The smallest absolute Gasteiger partial charge is 0.263 e. The normalized spacial score (nSPS) is 16.1. The molecule has 4 aromatic rings. The van der Waals surface area contributed by atoms with E-state index < -0.39 is 0 Å². The molecule has 0 saturated carbocycles. The second-order valence-electron chi connectivity index (χ2n) is 8.26. The third kappa shape index (κ3) is 4.84. The van der Waals surface area contributed by atoms with Gasteiger partial charge in [-0.25, -0.2) is 4.98 Å². The van der Waals surface area contributed by atoms with E-state index in [2.05, 4.69) is 12.1 Å². The van der Waals surface area contributed by atoms with Gasteiger partial charge in [-0.2, -0.15) is 0 Å². The second kappa shape index (κ2) is 9.85. The first-order valence-corrected chi connectivity index (χ1v) is 12.9. The molecule has 1 aliphatic heterocycles. The Labute approximate surface area is 201 Å². The highest BCUT2D eigenvalue weighted by Crippen LogP contribution is 2.31. The monoisotopic (exact) mass is 475 g/mol. The molecule has 2 aromatic heterocycles. The van der Waals surface area contributed by atoms with Crippen LogP contribution in [0, 0.1) is 5.92 Å². The molecule has 7 heteroatoms. The molecule has 168 valence electrons. The molecule has 5 nitrogen and oxygen atoms in total. The summed E-state index contributed by atoms with van der Waals surface area (Å²) in [7, 11) is 0. The third-order valence-electron chi connectivity index (χ3n) is 6.04. The van der Waals surface area contributed by atoms with Gasteiger partial charge in [0.25, 0.3) is 5.91 Å². The van der Waals surface area contributed by atoms with Crippen molar-refractivity contribution in [1.29, 1.82) is 0 Å². The minimum absolute atomic E-state index is 0.0262. The van der Waals surface area contributed by atoms with Crippen LogP contribution < -0.4 is 4.90 Å². The summed E-state index contributed by atoms with van der Waals surface area (Å²) in [6, 6.07) is 22.0. The number of nitrogens with zero attached hydrogens (tertiary/aromatic N) is 3. The summed E-state index contributed by atoms with van der Waals surface area (Å²) in [5.41, 5.74) is 2.10. The molecule has 2 amide bonds. The van der Waals surface area contributed by atoms with Crippen molar-refractivity contribution in [3.63, 3.8) is 0 Å². The van der Waals surface area contributed by atoms with Crippen LogP contribution in [-0.2, 0) is 11.2 Å². The predicted molar refractivity (Wildman–Crippen MR) is 135 cm³/mol. The van der Waals surface area contributed by atoms with Gasteiger partial charge >= 0.3 is 0 Å². The quantitative estimate of drug-likeness (QED) is 0.371. The summed E-state index contributed by atoms with van der Waals surface area (Å²) < 4.78 is 1.07. The first kappa shape index (κ1) is 21.8. The van der Waals surface area contributed by atoms with Gasteiger partial charge in [-0.1, -0.05) is 59.9 Å². The Morgan fingerprint density at radius 3 is 2.64 bits per heavy atom. The molecule has 1 fully saturated rings. The third-order valence-corrected chi connectivity index (χ3v) is 7.95. The van der Waals surface area contributed by atoms with Crippen LogP contribution >= 0.6 is 22.7 Å². The van der Waals surface area contributed by atoms with E-state index in [9.17, 15) is 9.59 Å². The molecule has 1 aliphatic rings. The van der Waals surface area contributed by atoms with Crippen molar-refractivity contribution in [1.82, 2.24) is 9.88 Å². The van der Waals surface area contributed by atoms with E-state index in [0.717, 1.165) is 39.5 Å². The molecular weight excluding hydrogens is 450 g/mol. The number of para-hydroxylation sites is 1. The van der Waals surface area contributed by atoms with E-state index in [1.54, 1.807) is 11.3 Å². The number of rotatable bonds is 6. The molecule has 0 aliphatic carbocycles. The number of carbonyl (C=O) groups is 2. The number of thiophene rings is 1. The van der Waals surface area contributed by atoms with Crippen molar-refractivity contribution < 1.29 is 9.59 Å². The van der Waals surface area contributed by atoms with E-state index in [-0.39, 0.29) is 17.7 Å². The molecule has 0 radical (unpaired) electrons. The van der Waals surface area contributed by atoms with E-state index in [1.165, 1.54) is 16.9 Å².